The van der Waals surface area contributed by atoms with Gasteiger partial charge in [-0.05, 0) is 0 Å². The Balaban J connectivity index is 1.64. The van der Waals surface area contributed by atoms with Crippen molar-refractivity contribution >= 4 is 71.0 Å². The lowest BCUT2D eigenvalue weighted by atomic mass is 9.87. The SMILES string of the molecule is CC(C)(COP(=O)(O)OP(=O)(O)OC[C@H]1O[C@@H](n2cnc3c(N=C=O)ncnc32)[C@H](O)[C@@H]1OP(=O)(O)O)[C@@H](O)C(=O)NCCC(=O)NCCS. The maximum absolute atomic E-state index is 12.6. The third-order valence-electron chi connectivity index (χ3n) is 6.62. The number of rotatable bonds is 19. The number of hydrogen-bond acceptors (Lipinski definition) is 18. The van der Waals surface area contributed by atoms with Crippen LogP contribution in [-0.4, -0.2) is 124 Å². The average Bonchev–Trinajstić information content (AvgIpc) is 3.57. The highest BCUT2D eigenvalue weighted by atomic mass is 32.1. The van der Waals surface area contributed by atoms with Crippen LogP contribution in [0.4, 0.5) is 5.82 Å². The highest BCUT2D eigenvalue weighted by Crippen LogP contribution is 2.61. The summed E-state index contributed by atoms with van der Waals surface area (Å²) in [5.41, 5.74) is -1.74. The van der Waals surface area contributed by atoms with Crippen molar-refractivity contribution in [3.63, 3.8) is 0 Å². The molecule has 8 N–H and O–H groups in total. The molecule has 0 bridgehead atoms. The van der Waals surface area contributed by atoms with Crippen molar-refractivity contribution in [2.75, 3.05) is 32.1 Å². The summed E-state index contributed by atoms with van der Waals surface area (Å²) >= 11 is 3.95. The zero-order valence-corrected chi connectivity index (χ0v) is 29.6. The van der Waals surface area contributed by atoms with Gasteiger partial charge in [0, 0.05) is 30.7 Å². The Labute approximate surface area is 287 Å². The number of fused-ring (bicyclic) bond motifs is 1. The van der Waals surface area contributed by atoms with Gasteiger partial charge in [0.15, 0.2) is 23.2 Å². The molecule has 0 aromatic carbocycles. The van der Waals surface area contributed by atoms with Crippen molar-refractivity contribution in [3.05, 3.63) is 12.7 Å². The molecule has 3 rings (SSSR count). The number of aliphatic imine (C=N–C) groups is 1. The standard InChI is InChI=1S/C22H34N7O17P3S/c1-22(2,17(33)20(34)24-4-3-13(31)23-5-6-50)8-43-49(40,41)46-48(38,39)42-7-12-16(45-47(35,36)37)15(32)21(44-12)29-10-27-14-18(28-11-30)25-9-26-19(14)29/h9-10,12,15-17,21,32-33,50H,3-8H2,1-2H3,(H,23,31)(H,24,34)(H,38,39)(H,40,41)(H2,35,36,37)/t12-,15-,16-,17+,21-/m1/s1. The summed E-state index contributed by atoms with van der Waals surface area (Å²) in [6.07, 6.45) is -5.93. The Morgan fingerprint density at radius 2 is 1.80 bits per heavy atom. The Morgan fingerprint density at radius 1 is 1.12 bits per heavy atom. The van der Waals surface area contributed by atoms with Crippen LogP contribution < -0.4 is 10.6 Å². The molecule has 3 heterocycles. The number of carbonyl (C=O) groups excluding carboxylic acids is 3. The zero-order chi connectivity index (χ0) is 37.5. The highest BCUT2D eigenvalue weighted by molar-refractivity contribution is 7.80. The van der Waals surface area contributed by atoms with Gasteiger partial charge in [-0.2, -0.15) is 16.9 Å². The van der Waals surface area contributed by atoms with Gasteiger partial charge in [-0.3, -0.25) is 27.7 Å². The molecule has 50 heavy (non-hydrogen) atoms. The van der Waals surface area contributed by atoms with Crippen molar-refractivity contribution in [2.45, 2.75) is 50.9 Å². The number of phosphoric acid groups is 3. The van der Waals surface area contributed by atoms with E-state index < -0.39 is 78.6 Å². The lowest BCUT2D eigenvalue weighted by molar-refractivity contribution is -0.137. The van der Waals surface area contributed by atoms with E-state index in [1.807, 2.05) is 0 Å². The van der Waals surface area contributed by atoms with Gasteiger partial charge in [-0.1, -0.05) is 13.8 Å². The van der Waals surface area contributed by atoms with E-state index in [9.17, 15) is 57.9 Å². The van der Waals surface area contributed by atoms with Crippen LogP contribution in [0, 0.1) is 5.41 Å². The Kier molecular flexibility index (Phi) is 14.5. The van der Waals surface area contributed by atoms with Crippen molar-refractivity contribution in [2.24, 2.45) is 10.4 Å². The Morgan fingerprint density at radius 3 is 2.44 bits per heavy atom. The molecule has 7 atom stereocenters. The second kappa shape index (κ2) is 17.3. The van der Waals surface area contributed by atoms with Crippen molar-refractivity contribution < 1.29 is 80.5 Å². The monoisotopic (exact) mass is 793 g/mol. The molecule has 280 valence electrons. The van der Waals surface area contributed by atoms with Gasteiger partial charge >= 0.3 is 23.5 Å². The van der Waals surface area contributed by atoms with E-state index in [-0.39, 0.29) is 35.9 Å². The minimum Gasteiger partial charge on any atom is -0.386 e. The van der Waals surface area contributed by atoms with Crippen molar-refractivity contribution in [1.29, 1.82) is 0 Å². The third-order valence-corrected chi connectivity index (χ3v) is 9.94. The molecule has 28 heteroatoms. The van der Waals surface area contributed by atoms with E-state index >= 15 is 0 Å². The summed E-state index contributed by atoms with van der Waals surface area (Å²) in [6.45, 7) is 0.619. The number of aliphatic hydroxyl groups excluding tert-OH is 2. The number of hydrogen-bond donors (Lipinski definition) is 9. The van der Waals surface area contributed by atoms with Crippen LogP contribution in [0.3, 0.4) is 0 Å². The van der Waals surface area contributed by atoms with Crippen LogP contribution in [0.2, 0.25) is 0 Å². The fourth-order valence-electron chi connectivity index (χ4n) is 4.23. The quantitative estimate of drug-likeness (QED) is 0.0346. The number of aromatic nitrogens is 4. The van der Waals surface area contributed by atoms with Crippen LogP contribution in [0.5, 0.6) is 0 Å². The molecule has 1 aliphatic heterocycles. The summed E-state index contributed by atoms with van der Waals surface area (Å²) in [7, 11) is -16.4. The maximum Gasteiger partial charge on any atom is 0.481 e. The number of amides is 2. The number of aliphatic hydroxyl groups is 2. The zero-order valence-electron chi connectivity index (χ0n) is 26.0. The number of carbonyl (C=O) groups is 2. The third kappa shape index (κ3) is 11.8. The summed E-state index contributed by atoms with van der Waals surface area (Å²) in [5, 5.41) is 26.1. The Hall–Kier alpha value is -2.53. The number of imidazole rings is 1. The second-order valence-electron chi connectivity index (χ2n) is 10.9. The molecule has 24 nitrogen and oxygen atoms in total. The molecule has 2 amide bonds. The van der Waals surface area contributed by atoms with Crippen molar-refractivity contribution in [3.8, 4) is 0 Å². The molecule has 1 fully saturated rings. The molecule has 2 aromatic rings. The highest BCUT2D eigenvalue weighted by Gasteiger charge is 2.50. The molecule has 2 aromatic heterocycles. The molecule has 0 spiro atoms. The number of ether oxygens (including phenoxy) is 1. The largest absolute Gasteiger partial charge is 0.481 e. The number of phosphoric ester groups is 3. The predicted molar refractivity (Wildman–Crippen MR) is 167 cm³/mol. The van der Waals surface area contributed by atoms with E-state index in [1.54, 1.807) is 0 Å². The van der Waals surface area contributed by atoms with Gasteiger partial charge in [0.2, 0.25) is 17.9 Å². The van der Waals surface area contributed by atoms with E-state index in [0.29, 0.717) is 12.3 Å². The van der Waals surface area contributed by atoms with E-state index in [4.69, 9.17) is 13.8 Å². The van der Waals surface area contributed by atoms with E-state index in [0.717, 1.165) is 17.2 Å². The smallest absolute Gasteiger partial charge is 0.386 e. The summed E-state index contributed by atoms with van der Waals surface area (Å²) in [6, 6.07) is 0. The first-order valence-electron chi connectivity index (χ1n) is 14.0. The number of nitrogens with one attached hydrogen (secondary N) is 2. The average molecular weight is 794 g/mol. The molecule has 0 radical (unpaired) electrons. The van der Waals surface area contributed by atoms with Gasteiger partial charge < -0.3 is 45.2 Å². The molecular formula is C22H34N7O17P3S. The first-order chi connectivity index (χ1) is 23.2. The van der Waals surface area contributed by atoms with Gasteiger partial charge in [0.25, 0.3) is 0 Å². The van der Waals surface area contributed by atoms with Crippen LogP contribution in [0.1, 0.15) is 26.5 Å². The van der Waals surface area contributed by atoms with Gasteiger partial charge in [0.05, 0.1) is 19.5 Å². The van der Waals surface area contributed by atoms with E-state index in [1.165, 1.54) is 19.9 Å². The minimum absolute atomic E-state index is 0.0633. The fourth-order valence-corrected chi connectivity index (χ4v) is 7.17. The van der Waals surface area contributed by atoms with Gasteiger partial charge in [-0.25, -0.2) is 33.4 Å². The number of nitrogens with zero attached hydrogens (tertiary/aromatic N) is 5. The summed E-state index contributed by atoms with van der Waals surface area (Å²) in [5.74, 6) is -1.15. The number of thiol groups is 1. The predicted octanol–water partition coefficient (Wildman–Crippen LogP) is -1.28. The Bertz CT molecular complexity index is 1720. The topological polar surface area (TPSA) is 350 Å². The minimum atomic E-state index is -5.58. The van der Waals surface area contributed by atoms with Crippen LogP contribution in [0.25, 0.3) is 11.2 Å². The fraction of sp³-hybridized carbons (Fsp3) is 0.636. The first kappa shape index (κ1) is 41.9. The molecule has 2 unspecified atom stereocenters. The van der Waals surface area contributed by atoms with Gasteiger partial charge in [0.1, 0.15) is 30.7 Å². The molecule has 0 saturated carbocycles. The van der Waals surface area contributed by atoms with Crippen LogP contribution in [-0.2, 0) is 50.7 Å². The molecule has 1 saturated heterocycles. The molecule has 0 aliphatic carbocycles. The maximum atomic E-state index is 12.6. The van der Waals surface area contributed by atoms with Gasteiger partial charge in [-0.15, -0.1) is 4.99 Å². The number of isocyanates is 1. The van der Waals surface area contributed by atoms with Crippen LogP contribution >= 0.6 is 36.1 Å². The lowest BCUT2D eigenvalue weighted by Crippen LogP contribution is -2.46. The molecule has 1 aliphatic rings. The summed E-state index contributed by atoms with van der Waals surface area (Å²) in [4.78, 5) is 88.7. The first-order valence-corrected chi connectivity index (χ1v) is 19.2. The lowest BCUT2D eigenvalue weighted by Gasteiger charge is -2.30. The van der Waals surface area contributed by atoms with Crippen molar-refractivity contribution in [1.82, 2.24) is 30.2 Å². The summed E-state index contributed by atoms with van der Waals surface area (Å²) < 4.78 is 61.7. The van der Waals surface area contributed by atoms with Crippen LogP contribution in [0.15, 0.2) is 17.6 Å². The second-order valence-corrected chi connectivity index (χ2v) is 15.6. The normalized spacial score (nSPS) is 22.7. The molecular weight excluding hydrogens is 759 g/mol. The van der Waals surface area contributed by atoms with E-state index in [2.05, 4.69) is 52.0 Å².